The fraction of sp³-hybridized carbons (Fsp3) is 0.909. The Balaban J connectivity index is 2.92. The van der Waals surface area contributed by atoms with E-state index in [0.29, 0.717) is 18.4 Å². The van der Waals surface area contributed by atoms with E-state index >= 15 is 0 Å². The number of hydrogen-bond acceptors (Lipinski definition) is 3. The molecule has 1 heterocycles. The number of rotatable bonds is 2. The molecule has 0 aromatic rings. The van der Waals surface area contributed by atoms with Crippen LogP contribution in [0.2, 0.25) is 0 Å². The van der Waals surface area contributed by atoms with Crippen LogP contribution < -0.4 is 0 Å². The molecule has 1 unspecified atom stereocenters. The minimum absolute atomic E-state index is 0.0708. The van der Waals surface area contributed by atoms with E-state index in [1.54, 1.807) is 0 Å². The highest BCUT2D eigenvalue weighted by Gasteiger charge is 2.39. The summed E-state index contributed by atoms with van der Waals surface area (Å²) in [5.74, 6) is 2.02. The van der Waals surface area contributed by atoms with Crippen molar-refractivity contribution in [2.24, 2.45) is 17.0 Å². The largest absolute Gasteiger partial charge is 0.392 e. The fourth-order valence-electron chi connectivity index (χ4n) is 1.70. The van der Waals surface area contributed by atoms with Gasteiger partial charge in [0.05, 0.1) is 5.54 Å². The second-order valence-corrected chi connectivity index (χ2v) is 4.95. The molecule has 1 atom stereocenters. The maximum Gasteiger partial charge on any atom is 0.147 e. The summed E-state index contributed by atoms with van der Waals surface area (Å²) in [7, 11) is 2.11. The average Bonchev–Trinajstić information content (AvgIpc) is 2.09. The van der Waals surface area contributed by atoms with E-state index in [4.69, 9.17) is 4.84 Å². The number of amidine groups is 1. The van der Waals surface area contributed by atoms with Crippen LogP contribution in [0.1, 0.15) is 34.6 Å². The normalized spacial score (nSPS) is 28.0. The zero-order chi connectivity index (χ0) is 10.9. The van der Waals surface area contributed by atoms with Gasteiger partial charge in [-0.15, -0.1) is 0 Å². The van der Waals surface area contributed by atoms with Crippen LogP contribution in [0.3, 0.4) is 0 Å². The lowest BCUT2D eigenvalue weighted by atomic mass is 9.86. The molecule has 14 heavy (non-hydrogen) atoms. The summed E-state index contributed by atoms with van der Waals surface area (Å²) in [6.45, 7) is 11.6. The number of nitrogens with zero attached hydrogens (tertiary/aromatic N) is 2. The van der Waals surface area contributed by atoms with Crippen molar-refractivity contribution in [2.45, 2.75) is 40.2 Å². The Hall–Kier alpha value is -0.730. The second-order valence-electron chi connectivity index (χ2n) is 4.95. The zero-order valence-electron chi connectivity index (χ0n) is 10.2. The Bertz CT molecular complexity index is 235. The predicted octanol–water partition coefficient (Wildman–Crippen LogP) is 2.33. The van der Waals surface area contributed by atoms with Gasteiger partial charge in [-0.3, -0.25) is 0 Å². The summed E-state index contributed by atoms with van der Waals surface area (Å²) in [6.07, 6.45) is 0. The van der Waals surface area contributed by atoms with Crippen LogP contribution in [0.5, 0.6) is 0 Å². The van der Waals surface area contributed by atoms with Gasteiger partial charge < -0.3 is 9.74 Å². The molecule has 1 aliphatic heterocycles. The molecule has 0 saturated carbocycles. The third-order valence-electron chi connectivity index (χ3n) is 3.38. The highest BCUT2D eigenvalue weighted by atomic mass is 16.6. The van der Waals surface area contributed by atoms with Crippen LogP contribution in [-0.2, 0) is 4.84 Å². The summed E-state index contributed by atoms with van der Waals surface area (Å²) >= 11 is 0. The standard InChI is InChI=1S/C11H22N2O/c1-8(2)10-12-14-7-11(5,9(3)4)13(10)6/h8-9H,7H2,1-6H3. The highest BCUT2D eigenvalue weighted by Crippen LogP contribution is 2.28. The molecule has 0 fully saturated rings. The summed E-state index contributed by atoms with van der Waals surface area (Å²) < 4.78 is 0. The topological polar surface area (TPSA) is 24.8 Å². The molecular formula is C11H22N2O. The molecule has 0 saturated heterocycles. The van der Waals surface area contributed by atoms with Gasteiger partial charge in [0, 0.05) is 13.0 Å². The van der Waals surface area contributed by atoms with Gasteiger partial charge in [0.1, 0.15) is 12.4 Å². The van der Waals surface area contributed by atoms with Crippen molar-refractivity contribution in [3.05, 3.63) is 0 Å². The molecule has 0 bridgehead atoms. The molecule has 0 spiro atoms. The van der Waals surface area contributed by atoms with E-state index in [1.165, 1.54) is 0 Å². The maximum atomic E-state index is 5.34. The first-order valence-electron chi connectivity index (χ1n) is 5.33. The Labute approximate surface area is 87.1 Å². The average molecular weight is 198 g/mol. The van der Waals surface area contributed by atoms with Crippen molar-refractivity contribution in [3.8, 4) is 0 Å². The Morgan fingerprint density at radius 3 is 2.36 bits per heavy atom. The van der Waals surface area contributed by atoms with Gasteiger partial charge in [-0.1, -0.05) is 32.9 Å². The third kappa shape index (κ3) is 1.72. The van der Waals surface area contributed by atoms with Crippen LogP contribution in [0, 0.1) is 11.8 Å². The lowest BCUT2D eigenvalue weighted by Crippen LogP contribution is -2.57. The van der Waals surface area contributed by atoms with Gasteiger partial charge in [0.25, 0.3) is 0 Å². The van der Waals surface area contributed by atoms with Crippen LogP contribution in [0.25, 0.3) is 0 Å². The van der Waals surface area contributed by atoms with Gasteiger partial charge in [-0.25, -0.2) is 0 Å². The lowest BCUT2D eigenvalue weighted by molar-refractivity contribution is -0.0104. The maximum absolute atomic E-state index is 5.34. The first kappa shape index (κ1) is 11.3. The van der Waals surface area contributed by atoms with Gasteiger partial charge in [0.15, 0.2) is 0 Å². The van der Waals surface area contributed by atoms with Crippen LogP contribution >= 0.6 is 0 Å². The quantitative estimate of drug-likeness (QED) is 0.680. The third-order valence-corrected chi connectivity index (χ3v) is 3.38. The first-order chi connectivity index (χ1) is 6.39. The number of hydrogen-bond donors (Lipinski definition) is 0. The first-order valence-corrected chi connectivity index (χ1v) is 5.33. The summed E-state index contributed by atoms with van der Waals surface area (Å²) in [5, 5.41) is 4.13. The molecule has 3 heteroatoms. The Kier molecular flexibility index (Phi) is 3.07. The molecule has 82 valence electrons. The van der Waals surface area contributed by atoms with E-state index in [9.17, 15) is 0 Å². The highest BCUT2D eigenvalue weighted by molar-refractivity contribution is 5.84. The zero-order valence-corrected chi connectivity index (χ0v) is 10.2. The monoisotopic (exact) mass is 198 g/mol. The Morgan fingerprint density at radius 1 is 1.36 bits per heavy atom. The minimum Gasteiger partial charge on any atom is -0.392 e. The SMILES string of the molecule is CC(C)C1=NOCC(C)(C(C)C)N1C. The van der Waals surface area contributed by atoms with Crippen molar-refractivity contribution in [3.63, 3.8) is 0 Å². The molecule has 1 aliphatic rings. The molecule has 3 nitrogen and oxygen atoms in total. The molecule has 0 amide bonds. The van der Waals surface area contributed by atoms with E-state index in [2.05, 4.69) is 51.7 Å². The molecule has 0 aromatic carbocycles. The van der Waals surface area contributed by atoms with Crippen molar-refractivity contribution < 1.29 is 4.84 Å². The molecule has 0 aliphatic carbocycles. The second kappa shape index (κ2) is 3.79. The molecule has 0 aromatic heterocycles. The molecule has 1 rings (SSSR count). The van der Waals surface area contributed by atoms with Crippen molar-refractivity contribution in [1.29, 1.82) is 0 Å². The number of likely N-dealkylation sites (N-methyl/N-ethyl adjacent to an activating group) is 1. The van der Waals surface area contributed by atoms with Crippen LogP contribution in [0.15, 0.2) is 5.16 Å². The fourth-order valence-corrected chi connectivity index (χ4v) is 1.70. The van der Waals surface area contributed by atoms with E-state index in [1.807, 2.05) is 0 Å². The van der Waals surface area contributed by atoms with Crippen molar-refractivity contribution in [1.82, 2.24) is 4.90 Å². The van der Waals surface area contributed by atoms with E-state index in [0.717, 1.165) is 5.84 Å². The lowest BCUT2D eigenvalue weighted by Gasteiger charge is -2.46. The van der Waals surface area contributed by atoms with E-state index in [-0.39, 0.29) is 5.54 Å². The van der Waals surface area contributed by atoms with Gasteiger partial charge in [0.2, 0.25) is 0 Å². The van der Waals surface area contributed by atoms with Crippen LogP contribution in [-0.4, -0.2) is 29.9 Å². The van der Waals surface area contributed by atoms with Crippen molar-refractivity contribution in [2.75, 3.05) is 13.7 Å². The summed E-state index contributed by atoms with van der Waals surface area (Å²) in [5.41, 5.74) is 0.0708. The summed E-state index contributed by atoms with van der Waals surface area (Å²) in [4.78, 5) is 7.61. The smallest absolute Gasteiger partial charge is 0.147 e. The number of oxime groups is 1. The van der Waals surface area contributed by atoms with Crippen LogP contribution in [0.4, 0.5) is 0 Å². The van der Waals surface area contributed by atoms with E-state index < -0.39 is 0 Å². The minimum atomic E-state index is 0.0708. The molecular weight excluding hydrogens is 176 g/mol. The Morgan fingerprint density at radius 2 is 1.93 bits per heavy atom. The van der Waals surface area contributed by atoms with Gasteiger partial charge >= 0.3 is 0 Å². The van der Waals surface area contributed by atoms with Crippen molar-refractivity contribution >= 4 is 5.84 Å². The van der Waals surface area contributed by atoms with Gasteiger partial charge in [-0.2, -0.15) is 0 Å². The van der Waals surface area contributed by atoms with Gasteiger partial charge in [-0.05, 0) is 12.8 Å². The molecule has 0 radical (unpaired) electrons. The predicted molar refractivity (Wildman–Crippen MR) is 59.2 cm³/mol. The molecule has 0 N–H and O–H groups in total. The summed E-state index contributed by atoms with van der Waals surface area (Å²) in [6, 6.07) is 0.